The van der Waals surface area contributed by atoms with Crippen LogP contribution in [0.15, 0.2) is 54.7 Å². The van der Waals surface area contributed by atoms with Crippen LogP contribution in [0.3, 0.4) is 0 Å². The highest BCUT2D eigenvalue weighted by Gasteiger charge is 2.10. The molecule has 29 heavy (non-hydrogen) atoms. The molecule has 0 spiro atoms. The van der Waals surface area contributed by atoms with Gasteiger partial charge >= 0.3 is 0 Å². The van der Waals surface area contributed by atoms with Crippen LogP contribution in [-0.2, 0) is 13.2 Å². The van der Waals surface area contributed by atoms with E-state index in [4.69, 9.17) is 14.2 Å². The van der Waals surface area contributed by atoms with Gasteiger partial charge in [-0.1, -0.05) is 6.07 Å². The standard InChI is InChI=1S/C21H22FN3O4/c1-27-19-8-3-15(13-20(19)28-2)9-11-23-21(26)18-10-12-25(24-18)14-29-17-6-4-16(22)5-7-17/h3-8,10,12-13H,9,11,14H2,1-2H3,(H,23,26). The van der Waals surface area contributed by atoms with Crippen LogP contribution >= 0.6 is 0 Å². The predicted molar refractivity (Wildman–Crippen MR) is 105 cm³/mol. The molecule has 2 aromatic carbocycles. The first-order valence-electron chi connectivity index (χ1n) is 9.00. The minimum atomic E-state index is -0.330. The number of nitrogens with one attached hydrogen (secondary N) is 1. The van der Waals surface area contributed by atoms with E-state index in [1.54, 1.807) is 26.5 Å². The van der Waals surface area contributed by atoms with E-state index in [1.165, 1.54) is 28.9 Å². The number of amides is 1. The van der Waals surface area contributed by atoms with Crippen molar-refractivity contribution in [3.63, 3.8) is 0 Å². The zero-order valence-electron chi connectivity index (χ0n) is 16.2. The fourth-order valence-corrected chi connectivity index (χ4v) is 2.67. The van der Waals surface area contributed by atoms with Crippen molar-refractivity contribution in [2.45, 2.75) is 13.2 Å². The number of nitrogens with zero attached hydrogens (tertiary/aromatic N) is 2. The van der Waals surface area contributed by atoms with Gasteiger partial charge in [-0.3, -0.25) is 4.79 Å². The zero-order valence-corrected chi connectivity index (χ0v) is 16.2. The van der Waals surface area contributed by atoms with Gasteiger partial charge in [-0.2, -0.15) is 5.10 Å². The summed E-state index contributed by atoms with van der Waals surface area (Å²) in [5.41, 5.74) is 1.31. The second kappa shape index (κ2) is 9.59. The Morgan fingerprint density at radius 1 is 1.07 bits per heavy atom. The summed E-state index contributed by atoms with van der Waals surface area (Å²) < 4.78 is 30.4. The van der Waals surface area contributed by atoms with Gasteiger partial charge in [0.05, 0.1) is 14.2 Å². The van der Waals surface area contributed by atoms with Crippen LogP contribution in [0.2, 0.25) is 0 Å². The number of halogens is 1. The first-order chi connectivity index (χ1) is 14.1. The summed E-state index contributed by atoms with van der Waals surface area (Å²) in [6, 6.07) is 12.9. The lowest BCUT2D eigenvalue weighted by Crippen LogP contribution is -2.26. The molecule has 7 nitrogen and oxygen atoms in total. The summed E-state index contributed by atoms with van der Waals surface area (Å²) in [4.78, 5) is 12.3. The molecule has 152 valence electrons. The lowest BCUT2D eigenvalue weighted by molar-refractivity contribution is 0.0947. The van der Waals surface area contributed by atoms with Crippen LogP contribution in [0, 0.1) is 5.82 Å². The summed E-state index contributed by atoms with van der Waals surface area (Å²) in [7, 11) is 3.17. The van der Waals surface area contributed by atoms with E-state index < -0.39 is 0 Å². The number of carbonyl (C=O) groups excluding carboxylic acids is 1. The first-order valence-corrected chi connectivity index (χ1v) is 9.00. The number of methoxy groups -OCH3 is 2. The maximum atomic E-state index is 12.9. The Balaban J connectivity index is 1.48. The molecule has 0 unspecified atom stereocenters. The van der Waals surface area contributed by atoms with Gasteiger partial charge in [-0.15, -0.1) is 0 Å². The molecule has 1 heterocycles. The maximum Gasteiger partial charge on any atom is 0.271 e. The van der Waals surface area contributed by atoms with Crippen molar-refractivity contribution in [3.8, 4) is 17.2 Å². The molecule has 0 aliphatic carbocycles. The third-order valence-corrected chi connectivity index (χ3v) is 4.20. The summed E-state index contributed by atoms with van der Waals surface area (Å²) in [6.45, 7) is 0.567. The molecule has 0 aliphatic heterocycles. The second-order valence-corrected chi connectivity index (χ2v) is 6.16. The Morgan fingerprint density at radius 2 is 1.83 bits per heavy atom. The van der Waals surface area contributed by atoms with Crippen molar-refractivity contribution in [2.75, 3.05) is 20.8 Å². The third kappa shape index (κ3) is 5.47. The molecule has 1 N–H and O–H groups in total. The van der Waals surface area contributed by atoms with Gasteiger partial charge in [0.15, 0.2) is 18.2 Å². The van der Waals surface area contributed by atoms with E-state index in [1.807, 2.05) is 18.2 Å². The minimum absolute atomic E-state index is 0.116. The number of rotatable bonds is 9. The Kier molecular flexibility index (Phi) is 6.67. The number of hydrogen-bond donors (Lipinski definition) is 1. The molecule has 1 aromatic heterocycles. The molecule has 0 fully saturated rings. The van der Waals surface area contributed by atoms with Crippen molar-refractivity contribution >= 4 is 5.91 Å². The van der Waals surface area contributed by atoms with Gasteiger partial charge in [0.1, 0.15) is 17.3 Å². The van der Waals surface area contributed by atoms with E-state index >= 15 is 0 Å². The summed E-state index contributed by atoms with van der Waals surface area (Å²) in [6.07, 6.45) is 2.28. The van der Waals surface area contributed by atoms with E-state index in [2.05, 4.69) is 10.4 Å². The molecule has 0 aliphatic rings. The molecule has 3 aromatic rings. The average Bonchev–Trinajstić information content (AvgIpc) is 3.22. The van der Waals surface area contributed by atoms with Crippen LogP contribution in [0.25, 0.3) is 0 Å². The number of aromatic nitrogens is 2. The number of benzene rings is 2. The monoisotopic (exact) mass is 399 g/mol. The quantitative estimate of drug-likeness (QED) is 0.599. The first kappa shape index (κ1) is 20.2. The Labute approximate surface area is 168 Å². The number of hydrogen-bond acceptors (Lipinski definition) is 5. The highest BCUT2D eigenvalue weighted by molar-refractivity contribution is 5.92. The molecule has 1 amide bonds. The van der Waals surface area contributed by atoms with Crippen molar-refractivity contribution in [1.29, 1.82) is 0 Å². The van der Waals surface area contributed by atoms with Crippen molar-refractivity contribution in [1.82, 2.24) is 15.1 Å². The molecular weight excluding hydrogens is 377 g/mol. The summed E-state index contributed by atoms with van der Waals surface area (Å²) in [5, 5.41) is 7.03. The maximum absolute atomic E-state index is 12.9. The zero-order chi connectivity index (χ0) is 20.6. The molecular formula is C21H22FN3O4. The molecule has 0 bridgehead atoms. The smallest absolute Gasteiger partial charge is 0.271 e. The summed E-state index contributed by atoms with van der Waals surface area (Å²) in [5.74, 6) is 1.22. The van der Waals surface area contributed by atoms with Gasteiger partial charge < -0.3 is 19.5 Å². The van der Waals surface area contributed by atoms with Gasteiger partial charge in [0, 0.05) is 12.7 Å². The highest BCUT2D eigenvalue weighted by Crippen LogP contribution is 2.27. The molecule has 0 saturated carbocycles. The van der Waals surface area contributed by atoms with E-state index in [0.717, 1.165) is 5.56 Å². The van der Waals surface area contributed by atoms with Crippen molar-refractivity contribution < 1.29 is 23.4 Å². The molecule has 0 radical (unpaired) electrons. The van der Waals surface area contributed by atoms with Crippen LogP contribution in [0.4, 0.5) is 4.39 Å². The average molecular weight is 399 g/mol. The molecule has 0 atom stereocenters. The van der Waals surface area contributed by atoms with Crippen LogP contribution in [0.5, 0.6) is 17.2 Å². The normalized spacial score (nSPS) is 10.4. The largest absolute Gasteiger partial charge is 0.493 e. The van der Waals surface area contributed by atoms with Crippen molar-refractivity contribution in [3.05, 3.63) is 71.8 Å². The van der Waals surface area contributed by atoms with E-state index in [9.17, 15) is 9.18 Å². The SMILES string of the molecule is COc1ccc(CCNC(=O)c2ccn(COc3ccc(F)cc3)n2)cc1OC. The third-order valence-electron chi connectivity index (χ3n) is 4.20. The van der Waals surface area contributed by atoms with E-state index in [0.29, 0.717) is 35.9 Å². The van der Waals surface area contributed by atoms with Crippen LogP contribution < -0.4 is 19.5 Å². The number of carbonyl (C=O) groups is 1. The minimum Gasteiger partial charge on any atom is -0.493 e. The Bertz CT molecular complexity index is 957. The van der Waals surface area contributed by atoms with Crippen LogP contribution in [0.1, 0.15) is 16.1 Å². The number of ether oxygens (including phenoxy) is 3. The predicted octanol–water partition coefficient (Wildman–Crippen LogP) is 3.05. The fraction of sp³-hybridized carbons (Fsp3) is 0.238. The lowest BCUT2D eigenvalue weighted by Gasteiger charge is -2.10. The highest BCUT2D eigenvalue weighted by atomic mass is 19.1. The van der Waals surface area contributed by atoms with Crippen LogP contribution in [-0.4, -0.2) is 36.5 Å². The molecule has 8 heteroatoms. The molecule has 0 saturated heterocycles. The topological polar surface area (TPSA) is 74.6 Å². The lowest BCUT2D eigenvalue weighted by atomic mass is 10.1. The van der Waals surface area contributed by atoms with Gasteiger partial charge in [0.25, 0.3) is 5.91 Å². The van der Waals surface area contributed by atoms with Gasteiger partial charge in [-0.05, 0) is 54.4 Å². The summed E-state index contributed by atoms with van der Waals surface area (Å²) >= 11 is 0. The van der Waals surface area contributed by atoms with Crippen molar-refractivity contribution in [2.24, 2.45) is 0 Å². The second-order valence-electron chi connectivity index (χ2n) is 6.16. The fourth-order valence-electron chi connectivity index (χ4n) is 2.67. The van der Waals surface area contributed by atoms with E-state index in [-0.39, 0.29) is 18.5 Å². The Morgan fingerprint density at radius 3 is 2.55 bits per heavy atom. The van der Waals surface area contributed by atoms with Gasteiger partial charge in [0.2, 0.25) is 0 Å². The Hall–Kier alpha value is -3.55. The van der Waals surface area contributed by atoms with Gasteiger partial charge in [-0.25, -0.2) is 9.07 Å². The molecule has 3 rings (SSSR count).